The molecular formula is C19H25N5O2. The third kappa shape index (κ3) is 3.24. The lowest BCUT2D eigenvalue weighted by Crippen LogP contribution is -2.54. The van der Waals surface area contributed by atoms with E-state index in [0.29, 0.717) is 11.4 Å². The maximum absolute atomic E-state index is 11.3. The molecule has 1 aromatic carbocycles. The molecule has 2 aromatic rings. The molecule has 0 amide bonds. The number of rotatable bonds is 3. The molecule has 7 nitrogen and oxygen atoms in total. The number of piperidine rings is 1. The fourth-order valence-electron chi connectivity index (χ4n) is 4.36. The maximum atomic E-state index is 11.3. The molecule has 1 aromatic heterocycles. The topological polar surface area (TPSA) is 65.8 Å². The van der Waals surface area contributed by atoms with Crippen molar-refractivity contribution in [3.63, 3.8) is 0 Å². The van der Waals surface area contributed by atoms with E-state index in [1.54, 1.807) is 18.5 Å². The van der Waals surface area contributed by atoms with Gasteiger partial charge in [0.05, 0.1) is 10.3 Å². The summed E-state index contributed by atoms with van der Waals surface area (Å²) in [6.07, 6.45) is 5.88. The molecule has 0 N–H and O–H groups in total. The first-order chi connectivity index (χ1) is 12.6. The van der Waals surface area contributed by atoms with E-state index < -0.39 is 0 Å². The molecule has 2 aliphatic heterocycles. The number of nitrogens with zero attached hydrogens (tertiary/aromatic N) is 5. The predicted octanol–water partition coefficient (Wildman–Crippen LogP) is 2.36. The Balaban J connectivity index is 1.53. The SMILES string of the molecule is CN1CCCC(N2CCN(c3ccc([N+](=O)[O-])c4cnccc34)CC2)C1. The summed E-state index contributed by atoms with van der Waals surface area (Å²) in [5.41, 5.74) is 1.20. The minimum Gasteiger partial charge on any atom is -0.368 e. The molecule has 0 bridgehead atoms. The normalized spacial score (nSPS) is 22.7. The van der Waals surface area contributed by atoms with Crippen molar-refractivity contribution in [3.8, 4) is 0 Å². The predicted molar refractivity (Wildman–Crippen MR) is 103 cm³/mol. The Morgan fingerprint density at radius 3 is 2.65 bits per heavy atom. The maximum Gasteiger partial charge on any atom is 0.278 e. The zero-order chi connectivity index (χ0) is 18.1. The molecule has 26 heavy (non-hydrogen) atoms. The fraction of sp³-hybridized carbons (Fsp3) is 0.526. The Morgan fingerprint density at radius 2 is 1.92 bits per heavy atom. The summed E-state index contributed by atoms with van der Waals surface area (Å²) >= 11 is 0. The van der Waals surface area contributed by atoms with Crippen molar-refractivity contribution in [1.29, 1.82) is 0 Å². The molecular weight excluding hydrogens is 330 g/mol. The molecule has 138 valence electrons. The number of nitro groups is 1. The summed E-state index contributed by atoms with van der Waals surface area (Å²) in [4.78, 5) is 22.5. The highest BCUT2D eigenvalue weighted by Crippen LogP contribution is 2.33. The fourth-order valence-corrected chi connectivity index (χ4v) is 4.36. The van der Waals surface area contributed by atoms with E-state index in [2.05, 4.69) is 26.7 Å². The molecule has 1 unspecified atom stereocenters. The van der Waals surface area contributed by atoms with E-state index in [4.69, 9.17) is 0 Å². The smallest absolute Gasteiger partial charge is 0.278 e. The number of hydrogen-bond acceptors (Lipinski definition) is 6. The van der Waals surface area contributed by atoms with Gasteiger partial charge in [-0.1, -0.05) is 0 Å². The zero-order valence-electron chi connectivity index (χ0n) is 15.2. The average molecular weight is 355 g/mol. The Bertz CT molecular complexity index is 804. The second-order valence-electron chi connectivity index (χ2n) is 7.36. The van der Waals surface area contributed by atoms with Crippen LogP contribution in [0.15, 0.2) is 30.6 Å². The zero-order valence-corrected chi connectivity index (χ0v) is 15.2. The lowest BCUT2D eigenvalue weighted by molar-refractivity contribution is -0.383. The highest BCUT2D eigenvalue weighted by molar-refractivity contribution is 5.99. The number of hydrogen-bond donors (Lipinski definition) is 0. The first-order valence-electron chi connectivity index (χ1n) is 9.32. The van der Waals surface area contributed by atoms with Gasteiger partial charge in [0.25, 0.3) is 5.69 Å². The second kappa shape index (κ2) is 7.17. The number of non-ortho nitro benzene ring substituents is 1. The standard InChI is InChI=1S/C19H25N5O2/c1-21-8-2-3-15(14-21)22-9-11-23(12-10-22)18-4-5-19(24(25)26)17-13-20-7-6-16(17)18/h4-7,13,15H,2-3,8-12,14H2,1H3. The number of pyridine rings is 1. The largest absolute Gasteiger partial charge is 0.368 e. The summed E-state index contributed by atoms with van der Waals surface area (Å²) in [6.45, 7) is 6.36. The highest BCUT2D eigenvalue weighted by Gasteiger charge is 2.28. The Hall–Kier alpha value is -2.25. The van der Waals surface area contributed by atoms with E-state index in [-0.39, 0.29) is 10.6 Å². The van der Waals surface area contributed by atoms with Gasteiger partial charge in [0, 0.05) is 68.3 Å². The molecule has 2 saturated heterocycles. The molecule has 1 atom stereocenters. The van der Waals surface area contributed by atoms with Crippen molar-refractivity contribution >= 4 is 22.1 Å². The first-order valence-corrected chi connectivity index (χ1v) is 9.32. The number of aromatic nitrogens is 1. The Morgan fingerprint density at radius 1 is 1.12 bits per heavy atom. The summed E-state index contributed by atoms with van der Waals surface area (Å²) in [5.74, 6) is 0. The number of fused-ring (bicyclic) bond motifs is 1. The average Bonchev–Trinajstić information content (AvgIpc) is 2.67. The summed E-state index contributed by atoms with van der Waals surface area (Å²) in [6, 6.07) is 6.06. The van der Waals surface area contributed by atoms with Gasteiger partial charge in [-0.05, 0) is 38.6 Å². The molecule has 4 rings (SSSR count). The van der Waals surface area contributed by atoms with Gasteiger partial charge >= 0.3 is 0 Å². The molecule has 0 aliphatic carbocycles. The molecule has 0 radical (unpaired) electrons. The molecule has 3 heterocycles. The lowest BCUT2D eigenvalue weighted by Gasteiger charge is -2.43. The number of anilines is 1. The molecule has 0 spiro atoms. The third-order valence-electron chi connectivity index (χ3n) is 5.74. The number of piperazine rings is 1. The van der Waals surface area contributed by atoms with Crippen molar-refractivity contribution in [2.45, 2.75) is 18.9 Å². The minimum absolute atomic E-state index is 0.126. The summed E-state index contributed by atoms with van der Waals surface area (Å²) in [5, 5.41) is 12.8. The quantitative estimate of drug-likeness (QED) is 0.622. The van der Waals surface area contributed by atoms with Gasteiger partial charge in [0.2, 0.25) is 0 Å². The van der Waals surface area contributed by atoms with Gasteiger partial charge in [-0.2, -0.15) is 0 Å². The molecule has 2 aliphatic rings. The van der Waals surface area contributed by atoms with Crippen molar-refractivity contribution in [2.75, 3.05) is 51.2 Å². The van der Waals surface area contributed by atoms with Crippen LogP contribution in [0.3, 0.4) is 0 Å². The van der Waals surface area contributed by atoms with Crippen molar-refractivity contribution in [2.24, 2.45) is 0 Å². The van der Waals surface area contributed by atoms with Gasteiger partial charge in [0.1, 0.15) is 0 Å². The Kier molecular flexibility index (Phi) is 4.74. The molecule has 7 heteroatoms. The van der Waals surface area contributed by atoms with E-state index >= 15 is 0 Å². The van der Waals surface area contributed by atoms with Crippen molar-refractivity contribution < 1.29 is 4.92 Å². The summed E-state index contributed by atoms with van der Waals surface area (Å²) < 4.78 is 0. The van der Waals surface area contributed by atoms with Gasteiger partial charge in [0.15, 0.2) is 0 Å². The monoisotopic (exact) mass is 355 g/mol. The van der Waals surface area contributed by atoms with E-state index in [9.17, 15) is 10.1 Å². The van der Waals surface area contributed by atoms with Crippen LogP contribution >= 0.6 is 0 Å². The van der Waals surface area contributed by atoms with Crippen LogP contribution in [0.25, 0.3) is 10.8 Å². The number of likely N-dealkylation sites (tertiary alicyclic amines) is 1. The van der Waals surface area contributed by atoms with Crippen molar-refractivity contribution in [3.05, 3.63) is 40.7 Å². The Labute approximate surface area is 153 Å². The van der Waals surface area contributed by atoms with Gasteiger partial charge in [-0.3, -0.25) is 20.0 Å². The van der Waals surface area contributed by atoms with Crippen LogP contribution in [0.4, 0.5) is 11.4 Å². The minimum atomic E-state index is -0.328. The van der Waals surface area contributed by atoms with Gasteiger partial charge < -0.3 is 9.80 Å². The van der Waals surface area contributed by atoms with Gasteiger partial charge in [-0.15, -0.1) is 0 Å². The highest BCUT2D eigenvalue weighted by atomic mass is 16.6. The lowest BCUT2D eigenvalue weighted by atomic mass is 10.0. The van der Waals surface area contributed by atoms with Crippen LogP contribution < -0.4 is 4.90 Å². The van der Waals surface area contributed by atoms with E-state index in [0.717, 1.165) is 43.8 Å². The van der Waals surface area contributed by atoms with E-state index in [1.165, 1.54) is 19.4 Å². The third-order valence-corrected chi connectivity index (χ3v) is 5.74. The van der Waals surface area contributed by atoms with Gasteiger partial charge in [-0.25, -0.2) is 0 Å². The van der Waals surface area contributed by atoms with Crippen LogP contribution in [0.1, 0.15) is 12.8 Å². The number of nitro benzene ring substituents is 1. The summed E-state index contributed by atoms with van der Waals surface area (Å²) in [7, 11) is 2.21. The molecule has 2 fully saturated rings. The van der Waals surface area contributed by atoms with Crippen molar-refractivity contribution in [1.82, 2.24) is 14.8 Å². The van der Waals surface area contributed by atoms with E-state index in [1.807, 2.05) is 12.1 Å². The van der Waals surface area contributed by atoms with Crippen LogP contribution in [-0.2, 0) is 0 Å². The number of benzene rings is 1. The van der Waals surface area contributed by atoms with Crippen LogP contribution in [-0.4, -0.2) is 72.1 Å². The molecule has 0 saturated carbocycles. The van der Waals surface area contributed by atoms with Crippen LogP contribution in [0, 0.1) is 10.1 Å². The van der Waals surface area contributed by atoms with Crippen LogP contribution in [0.2, 0.25) is 0 Å². The second-order valence-corrected chi connectivity index (χ2v) is 7.36. The first kappa shape index (κ1) is 17.2. The number of likely N-dealkylation sites (N-methyl/N-ethyl adjacent to an activating group) is 1. The van der Waals surface area contributed by atoms with Crippen LogP contribution in [0.5, 0.6) is 0 Å².